The van der Waals surface area contributed by atoms with E-state index >= 15 is 0 Å². The largest absolute Gasteiger partial charge is 0.225 e. The summed E-state index contributed by atoms with van der Waals surface area (Å²) in [6.07, 6.45) is 14.1. The van der Waals surface area contributed by atoms with Crippen molar-refractivity contribution >= 4 is 6.01 Å². The van der Waals surface area contributed by atoms with Gasteiger partial charge in [0.25, 0.3) is 0 Å². The molecule has 0 aliphatic heterocycles. The molecular weight excluding hydrogens is 208 g/mol. The van der Waals surface area contributed by atoms with Gasteiger partial charge in [-0.25, -0.2) is 9.98 Å². The van der Waals surface area contributed by atoms with E-state index in [0.29, 0.717) is 6.04 Å². The van der Waals surface area contributed by atoms with Gasteiger partial charge in [-0.05, 0) is 43.4 Å². The number of allylic oxidation sites excluding steroid dienone is 2. The molecule has 0 spiro atoms. The quantitative estimate of drug-likeness (QED) is 0.521. The molecule has 0 aromatic rings. The Kier molecular flexibility index (Phi) is 3.42. The first-order valence-electron chi connectivity index (χ1n) is 7.21. The highest BCUT2D eigenvalue weighted by Gasteiger charge is 2.35. The molecule has 3 aliphatic rings. The average molecular weight is 230 g/mol. The molecule has 2 nitrogen and oxygen atoms in total. The van der Waals surface area contributed by atoms with Crippen molar-refractivity contribution in [3.05, 3.63) is 12.2 Å². The van der Waals surface area contributed by atoms with Crippen molar-refractivity contribution in [2.75, 3.05) is 6.54 Å². The van der Waals surface area contributed by atoms with Gasteiger partial charge in [-0.3, -0.25) is 0 Å². The molecule has 2 fully saturated rings. The fourth-order valence-corrected chi connectivity index (χ4v) is 3.60. The van der Waals surface area contributed by atoms with E-state index in [0.717, 1.165) is 24.3 Å². The zero-order valence-electron chi connectivity index (χ0n) is 10.5. The molecule has 0 N–H and O–H groups in total. The van der Waals surface area contributed by atoms with Crippen LogP contribution in [0.3, 0.4) is 0 Å². The summed E-state index contributed by atoms with van der Waals surface area (Å²) in [5.41, 5.74) is 0. The summed E-state index contributed by atoms with van der Waals surface area (Å²) in [5.74, 6) is 2.44. The summed E-state index contributed by atoms with van der Waals surface area (Å²) in [6.45, 7) is 0.946. The molecule has 0 aromatic heterocycles. The van der Waals surface area contributed by atoms with Crippen molar-refractivity contribution in [2.24, 2.45) is 27.7 Å². The highest BCUT2D eigenvalue weighted by molar-refractivity contribution is 5.41. The summed E-state index contributed by atoms with van der Waals surface area (Å²) in [5, 5.41) is 0. The van der Waals surface area contributed by atoms with Crippen molar-refractivity contribution in [3.63, 3.8) is 0 Å². The van der Waals surface area contributed by atoms with E-state index in [1.165, 1.54) is 44.9 Å². The number of hydrogen-bond donors (Lipinski definition) is 0. The lowest BCUT2D eigenvalue weighted by atomic mass is 9.94. The second kappa shape index (κ2) is 5.18. The van der Waals surface area contributed by atoms with Crippen LogP contribution < -0.4 is 0 Å². The lowest BCUT2D eigenvalue weighted by Gasteiger charge is -2.16. The van der Waals surface area contributed by atoms with E-state index in [2.05, 4.69) is 28.1 Å². The van der Waals surface area contributed by atoms with Crippen molar-refractivity contribution < 1.29 is 0 Å². The van der Waals surface area contributed by atoms with Crippen LogP contribution in [0.5, 0.6) is 0 Å². The Morgan fingerprint density at radius 1 is 1.06 bits per heavy atom. The molecule has 3 rings (SSSR count). The van der Waals surface area contributed by atoms with Crippen LogP contribution in [-0.4, -0.2) is 18.6 Å². The number of nitrogens with zero attached hydrogens (tertiary/aromatic N) is 2. The highest BCUT2D eigenvalue weighted by Crippen LogP contribution is 2.43. The van der Waals surface area contributed by atoms with E-state index in [1.54, 1.807) is 0 Å². The molecule has 2 saturated carbocycles. The third-order valence-corrected chi connectivity index (χ3v) is 4.63. The maximum absolute atomic E-state index is 4.47. The van der Waals surface area contributed by atoms with Crippen LogP contribution in [0.4, 0.5) is 0 Å². The monoisotopic (exact) mass is 230 g/mol. The molecule has 2 unspecified atom stereocenters. The Morgan fingerprint density at radius 3 is 2.65 bits per heavy atom. The van der Waals surface area contributed by atoms with Crippen molar-refractivity contribution in [1.82, 2.24) is 0 Å². The number of rotatable bonds is 3. The molecular formula is C15H22N2. The van der Waals surface area contributed by atoms with Gasteiger partial charge < -0.3 is 0 Å². The van der Waals surface area contributed by atoms with Crippen molar-refractivity contribution in [3.8, 4) is 0 Å². The summed E-state index contributed by atoms with van der Waals surface area (Å²) < 4.78 is 0. The molecule has 0 heterocycles. The van der Waals surface area contributed by atoms with Crippen LogP contribution in [0.15, 0.2) is 22.1 Å². The van der Waals surface area contributed by atoms with Gasteiger partial charge in [0.15, 0.2) is 0 Å². The molecule has 0 radical (unpaired) electrons. The van der Waals surface area contributed by atoms with E-state index in [1.807, 2.05) is 0 Å². The van der Waals surface area contributed by atoms with Gasteiger partial charge in [-0.15, -0.1) is 0 Å². The van der Waals surface area contributed by atoms with Gasteiger partial charge in [-0.1, -0.05) is 31.4 Å². The molecule has 92 valence electrons. The second-order valence-electron chi connectivity index (χ2n) is 5.90. The highest BCUT2D eigenvalue weighted by atomic mass is 14.8. The minimum atomic E-state index is 0.521. The summed E-state index contributed by atoms with van der Waals surface area (Å²) in [6, 6.07) is 3.49. The first kappa shape index (κ1) is 11.2. The lowest BCUT2D eigenvalue weighted by Crippen LogP contribution is -2.10. The fraction of sp³-hybridized carbons (Fsp3) is 0.800. The minimum absolute atomic E-state index is 0.521. The predicted molar refractivity (Wildman–Crippen MR) is 70.4 cm³/mol. The fourth-order valence-electron chi connectivity index (χ4n) is 3.60. The van der Waals surface area contributed by atoms with Gasteiger partial charge >= 0.3 is 0 Å². The van der Waals surface area contributed by atoms with Gasteiger partial charge in [0.2, 0.25) is 0 Å². The SMILES string of the molecule is C(=NCC1CC2C=C[C@H]1C2)=NC1CCCCC1. The minimum Gasteiger partial charge on any atom is -0.225 e. The zero-order valence-corrected chi connectivity index (χ0v) is 10.5. The van der Waals surface area contributed by atoms with Crippen LogP contribution in [-0.2, 0) is 0 Å². The third-order valence-electron chi connectivity index (χ3n) is 4.63. The van der Waals surface area contributed by atoms with Gasteiger partial charge in [0.1, 0.15) is 0 Å². The van der Waals surface area contributed by atoms with E-state index in [-0.39, 0.29) is 0 Å². The predicted octanol–water partition coefficient (Wildman–Crippen LogP) is 3.71. The molecule has 0 aromatic carbocycles. The zero-order chi connectivity index (χ0) is 11.5. The summed E-state index contributed by atoms with van der Waals surface area (Å²) in [7, 11) is 0. The maximum atomic E-state index is 4.47. The topological polar surface area (TPSA) is 24.7 Å². The Hall–Kier alpha value is -0.880. The van der Waals surface area contributed by atoms with E-state index in [4.69, 9.17) is 0 Å². The second-order valence-corrected chi connectivity index (χ2v) is 5.90. The van der Waals surface area contributed by atoms with Crippen molar-refractivity contribution in [2.45, 2.75) is 51.0 Å². The Bertz CT molecular complexity index is 346. The molecule has 2 heteroatoms. The number of hydrogen-bond acceptors (Lipinski definition) is 2. The first-order valence-corrected chi connectivity index (χ1v) is 7.21. The smallest absolute Gasteiger partial charge is 0.0895 e. The molecule has 3 aliphatic carbocycles. The Morgan fingerprint density at radius 2 is 1.94 bits per heavy atom. The van der Waals surface area contributed by atoms with Gasteiger partial charge in [0.05, 0.1) is 18.6 Å². The Labute approximate surface area is 104 Å². The number of fused-ring (bicyclic) bond motifs is 2. The molecule has 17 heavy (non-hydrogen) atoms. The summed E-state index contributed by atoms with van der Waals surface area (Å²) in [4.78, 5) is 8.89. The average Bonchev–Trinajstić information content (AvgIpc) is 2.98. The van der Waals surface area contributed by atoms with Crippen LogP contribution >= 0.6 is 0 Å². The van der Waals surface area contributed by atoms with Crippen molar-refractivity contribution in [1.29, 1.82) is 0 Å². The molecule has 3 atom stereocenters. The lowest BCUT2D eigenvalue weighted by molar-refractivity contribution is 0.443. The van der Waals surface area contributed by atoms with Gasteiger partial charge in [-0.2, -0.15) is 0 Å². The van der Waals surface area contributed by atoms with Gasteiger partial charge in [0, 0.05) is 0 Å². The van der Waals surface area contributed by atoms with Crippen LogP contribution in [0.2, 0.25) is 0 Å². The molecule has 0 amide bonds. The third kappa shape index (κ3) is 2.69. The van der Waals surface area contributed by atoms with E-state index in [9.17, 15) is 0 Å². The normalized spacial score (nSPS) is 35.9. The first-order chi connectivity index (χ1) is 8.42. The number of aliphatic imine (C=N–C) groups is 2. The van der Waals surface area contributed by atoms with Crippen LogP contribution in [0, 0.1) is 17.8 Å². The standard InChI is InChI=1S/C15H22N2/c1-2-4-15(5-3-1)17-11-16-10-14-9-12-6-7-13(14)8-12/h6-7,12-15H,1-5,8-10H2/t12?,13-,14?/m0/s1. The van der Waals surface area contributed by atoms with E-state index < -0.39 is 0 Å². The Balaban J connectivity index is 1.47. The van der Waals surface area contributed by atoms with Crippen LogP contribution in [0.1, 0.15) is 44.9 Å². The van der Waals surface area contributed by atoms with Crippen LogP contribution in [0.25, 0.3) is 0 Å². The maximum Gasteiger partial charge on any atom is 0.0895 e. The summed E-state index contributed by atoms with van der Waals surface area (Å²) >= 11 is 0. The molecule has 0 saturated heterocycles. The molecule has 2 bridgehead atoms.